The molecule has 7 nitrogen and oxygen atoms in total. The maximum Gasteiger partial charge on any atom is 0.245 e. The lowest BCUT2D eigenvalue weighted by molar-refractivity contribution is 0.309. The molecule has 1 aliphatic heterocycles. The number of aromatic nitrogens is 3. The lowest BCUT2D eigenvalue weighted by Crippen LogP contribution is -2.49. The number of anilines is 1. The summed E-state index contributed by atoms with van der Waals surface area (Å²) in [6.07, 6.45) is 6.87. The number of piperidine rings is 1. The van der Waals surface area contributed by atoms with Crippen molar-refractivity contribution < 1.29 is 8.42 Å². The summed E-state index contributed by atoms with van der Waals surface area (Å²) in [4.78, 5) is 15.3. The maximum absolute atomic E-state index is 13.4. The minimum absolute atomic E-state index is 0.0224. The quantitative estimate of drug-likeness (QED) is 0.673. The van der Waals surface area contributed by atoms with Gasteiger partial charge in [-0.3, -0.25) is 4.98 Å². The van der Waals surface area contributed by atoms with Gasteiger partial charge in [-0.1, -0.05) is 18.2 Å². The van der Waals surface area contributed by atoms with E-state index >= 15 is 0 Å². The summed E-state index contributed by atoms with van der Waals surface area (Å²) in [5.74, 6) is 0.613. The summed E-state index contributed by atoms with van der Waals surface area (Å²) < 4.78 is 28.3. The molecule has 3 aromatic rings. The van der Waals surface area contributed by atoms with Gasteiger partial charge in [0.1, 0.15) is 4.90 Å². The molecule has 0 N–H and O–H groups in total. The fourth-order valence-corrected chi connectivity index (χ4v) is 5.29. The molecular weight excluding hydrogens is 374 g/mol. The molecule has 0 bridgehead atoms. The van der Waals surface area contributed by atoms with Gasteiger partial charge in [0.15, 0.2) is 0 Å². The van der Waals surface area contributed by atoms with Gasteiger partial charge in [-0.25, -0.2) is 18.4 Å². The van der Waals surface area contributed by atoms with Gasteiger partial charge in [0.2, 0.25) is 16.0 Å². The second-order valence-corrected chi connectivity index (χ2v) is 9.07. The number of para-hydroxylation sites is 1. The highest BCUT2D eigenvalue weighted by atomic mass is 32.2. The van der Waals surface area contributed by atoms with Gasteiger partial charge < -0.3 is 4.90 Å². The molecule has 2 aromatic heterocycles. The Morgan fingerprint density at radius 3 is 2.64 bits per heavy atom. The summed E-state index contributed by atoms with van der Waals surface area (Å²) in [6, 6.07) is 9.00. The van der Waals surface area contributed by atoms with Crippen molar-refractivity contribution in [2.75, 3.05) is 25.0 Å². The van der Waals surface area contributed by atoms with Crippen molar-refractivity contribution in [2.45, 2.75) is 30.7 Å². The van der Waals surface area contributed by atoms with Gasteiger partial charge in [0.25, 0.3) is 0 Å². The van der Waals surface area contributed by atoms with E-state index in [-0.39, 0.29) is 10.9 Å². The third-order valence-electron chi connectivity index (χ3n) is 5.20. The zero-order valence-electron chi connectivity index (χ0n) is 16.0. The first kappa shape index (κ1) is 18.8. The van der Waals surface area contributed by atoms with Crippen LogP contribution in [0.1, 0.15) is 18.4 Å². The number of benzene rings is 1. The van der Waals surface area contributed by atoms with Crippen LogP contribution >= 0.6 is 0 Å². The topological polar surface area (TPSA) is 79.3 Å². The Bertz CT molecular complexity index is 1080. The predicted molar refractivity (Wildman–Crippen MR) is 109 cm³/mol. The zero-order valence-corrected chi connectivity index (χ0v) is 16.8. The summed E-state index contributed by atoms with van der Waals surface area (Å²) in [5.41, 5.74) is 1.51. The molecule has 0 aliphatic carbocycles. The zero-order chi connectivity index (χ0) is 19.7. The molecule has 1 fully saturated rings. The summed E-state index contributed by atoms with van der Waals surface area (Å²) >= 11 is 0. The minimum atomic E-state index is -3.64. The number of hydrogen-bond acceptors (Lipinski definition) is 6. The normalized spacial score (nSPS) is 18.3. The molecule has 1 unspecified atom stereocenters. The molecule has 146 valence electrons. The van der Waals surface area contributed by atoms with E-state index in [1.54, 1.807) is 35.0 Å². The Hall–Kier alpha value is -2.58. The molecule has 1 saturated heterocycles. The fraction of sp³-hybridized carbons (Fsp3) is 0.350. The van der Waals surface area contributed by atoms with Crippen LogP contribution in [0.25, 0.3) is 10.9 Å². The summed E-state index contributed by atoms with van der Waals surface area (Å²) in [5, 5.41) is 0.822. The highest BCUT2D eigenvalue weighted by molar-refractivity contribution is 7.89. The molecule has 0 spiro atoms. The molecule has 28 heavy (non-hydrogen) atoms. The van der Waals surface area contributed by atoms with E-state index in [1.807, 2.05) is 37.1 Å². The van der Waals surface area contributed by atoms with Gasteiger partial charge in [-0.05, 0) is 37.5 Å². The highest BCUT2D eigenvalue weighted by Crippen LogP contribution is 2.27. The Morgan fingerprint density at radius 2 is 1.86 bits per heavy atom. The molecule has 8 heteroatoms. The first-order valence-electron chi connectivity index (χ1n) is 9.32. The molecule has 0 amide bonds. The first-order valence-corrected chi connectivity index (χ1v) is 10.8. The average molecular weight is 398 g/mol. The van der Waals surface area contributed by atoms with Crippen molar-refractivity contribution in [1.82, 2.24) is 19.3 Å². The molecule has 1 atom stereocenters. The van der Waals surface area contributed by atoms with Crippen molar-refractivity contribution >= 4 is 26.9 Å². The Morgan fingerprint density at radius 1 is 1.11 bits per heavy atom. The molecule has 3 heterocycles. The van der Waals surface area contributed by atoms with Crippen molar-refractivity contribution in [1.29, 1.82) is 0 Å². The van der Waals surface area contributed by atoms with Crippen LogP contribution in [0.4, 0.5) is 5.95 Å². The van der Waals surface area contributed by atoms with Crippen LogP contribution in [0, 0.1) is 6.92 Å². The van der Waals surface area contributed by atoms with E-state index in [0.29, 0.717) is 24.6 Å². The van der Waals surface area contributed by atoms with Gasteiger partial charge in [0.05, 0.1) is 5.52 Å². The second kappa shape index (κ2) is 7.44. The number of sulfonamides is 1. The summed E-state index contributed by atoms with van der Waals surface area (Å²) in [7, 11) is -1.72. The molecule has 1 aromatic carbocycles. The van der Waals surface area contributed by atoms with E-state index in [2.05, 4.69) is 15.0 Å². The highest BCUT2D eigenvalue weighted by Gasteiger charge is 2.33. The largest absolute Gasteiger partial charge is 0.340 e. The van der Waals surface area contributed by atoms with Crippen LogP contribution in [0.15, 0.2) is 53.8 Å². The van der Waals surface area contributed by atoms with Crippen LogP contribution in [-0.4, -0.2) is 53.9 Å². The van der Waals surface area contributed by atoms with Crippen LogP contribution in [0.5, 0.6) is 0 Å². The van der Waals surface area contributed by atoms with Gasteiger partial charge in [0, 0.05) is 50.2 Å². The van der Waals surface area contributed by atoms with Crippen LogP contribution in [0.3, 0.4) is 0 Å². The summed E-state index contributed by atoms with van der Waals surface area (Å²) in [6.45, 7) is 2.85. The van der Waals surface area contributed by atoms with Gasteiger partial charge in [-0.2, -0.15) is 4.31 Å². The van der Waals surface area contributed by atoms with Gasteiger partial charge >= 0.3 is 0 Å². The van der Waals surface area contributed by atoms with E-state index in [4.69, 9.17) is 0 Å². The van der Waals surface area contributed by atoms with Crippen LogP contribution in [0.2, 0.25) is 0 Å². The number of aryl methyl sites for hydroxylation is 1. The van der Waals surface area contributed by atoms with Crippen LogP contribution in [-0.2, 0) is 10.0 Å². The number of hydrogen-bond donors (Lipinski definition) is 0. The number of nitrogens with zero attached hydrogens (tertiary/aromatic N) is 5. The number of fused-ring (bicyclic) bond motifs is 1. The second-order valence-electron chi connectivity index (χ2n) is 7.16. The number of likely N-dealkylation sites (N-methyl/N-ethyl adjacent to an activating group) is 1. The molecular formula is C20H23N5O2S. The lowest BCUT2D eigenvalue weighted by atomic mass is 10.1. The van der Waals surface area contributed by atoms with Crippen molar-refractivity contribution in [3.8, 4) is 0 Å². The number of rotatable bonds is 4. The van der Waals surface area contributed by atoms with E-state index < -0.39 is 10.0 Å². The first-order chi connectivity index (χ1) is 13.5. The van der Waals surface area contributed by atoms with E-state index in [1.165, 1.54) is 0 Å². The van der Waals surface area contributed by atoms with Crippen molar-refractivity contribution in [3.63, 3.8) is 0 Å². The molecule has 0 radical (unpaired) electrons. The number of pyridine rings is 1. The third-order valence-corrected chi connectivity index (χ3v) is 7.10. The van der Waals surface area contributed by atoms with Crippen molar-refractivity contribution in [3.05, 3.63) is 54.5 Å². The van der Waals surface area contributed by atoms with E-state index in [9.17, 15) is 8.42 Å². The predicted octanol–water partition coefficient (Wildman–Crippen LogP) is 2.62. The Balaban J connectivity index is 1.62. The van der Waals surface area contributed by atoms with Crippen molar-refractivity contribution in [2.24, 2.45) is 0 Å². The SMILES string of the molecule is Cc1cnc(N(C)C2CCCN(S(=O)(=O)c3cccc4cccnc34)C2)nc1. The Kier molecular flexibility index (Phi) is 4.99. The maximum atomic E-state index is 13.4. The molecule has 4 rings (SSSR count). The van der Waals surface area contributed by atoms with Gasteiger partial charge in [-0.15, -0.1) is 0 Å². The van der Waals surface area contributed by atoms with E-state index in [0.717, 1.165) is 23.8 Å². The van der Waals surface area contributed by atoms with Crippen LogP contribution < -0.4 is 4.90 Å². The lowest BCUT2D eigenvalue weighted by Gasteiger charge is -2.37. The monoisotopic (exact) mass is 397 g/mol. The standard InChI is InChI=1S/C20H23N5O2S/c1-15-12-22-20(23-13-15)24(2)17-8-5-11-25(14-17)28(26,27)18-9-3-6-16-7-4-10-21-19(16)18/h3-4,6-7,9-10,12-13,17H,5,8,11,14H2,1-2H3. The average Bonchev–Trinajstić information content (AvgIpc) is 2.73. The smallest absolute Gasteiger partial charge is 0.245 e. The molecule has 0 saturated carbocycles. The fourth-order valence-electron chi connectivity index (χ4n) is 3.61. The Labute approximate surface area is 165 Å². The molecule has 1 aliphatic rings. The third kappa shape index (κ3) is 3.45. The minimum Gasteiger partial charge on any atom is -0.340 e.